The molecule has 51 valence electrons. The number of aliphatic carboxylic acids is 1. The average molecular weight is 152 g/mol. The van der Waals surface area contributed by atoms with Gasteiger partial charge in [0, 0.05) is 36.0 Å². The van der Waals surface area contributed by atoms with Gasteiger partial charge >= 0.3 is 5.97 Å². The van der Waals surface area contributed by atoms with Crippen molar-refractivity contribution >= 4 is 41.4 Å². The largest absolute Gasteiger partial charge is 0.480 e. The van der Waals surface area contributed by atoms with E-state index >= 15 is 0 Å². The first kappa shape index (κ1) is 9.94. The van der Waals surface area contributed by atoms with Crippen molar-refractivity contribution < 1.29 is 14.7 Å². The first-order valence-electron chi connectivity index (χ1n) is 2.72. The fraction of sp³-hybridized carbons (Fsp3) is 0.600. The molecule has 0 aromatic rings. The number of amides is 1. The Labute approximate surface area is 80.3 Å². The summed E-state index contributed by atoms with van der Waals surface area (Å²) in [5.74, 6) is -1.11. The second-order valence-electron chi connectivity index (χ2n) is 2.00. The van der Waals surface area contributed by atoms with Crippen molar-refractivity contribution in [3.05, 3.63) is 0 Å². The van der Waals surface area contributed by atoms with Gasteiger partial charge in [0.2, 0.25) is 5.91 Å². The Hall–Kier alpha value is -0.0600. The molecule has 0 spiro atoms. The molecule has 0 bridgehead atoms. The summed E-state index contributed by atoms with van der Waals surface area (Å²) in [6.45, 7) is 0. The fourth-order valence-corrected chi connectivity index (χ4v) is 0.799. The van der Waals surface area contributed by atoms with Crippen molar-refractivity contribution in [1.29, 1.82) is 0 Å². The summed E-state index contributed by atoms with van der Waals surface area (Å²) in [6, 6.07) is -0.641. The van der Waals surface area contributed by atoms with E-state index < -0.39 is 12.0 Å². The summed E-state index contributed by atoms with van der Waals surface area (Å²) in [7, 11) is 0. The van der Waals surface area contributed by atoms with Gasteiger partial charge in [-0.3, -0.25) is 4.79 Å². The second-order valence-corrected chi connectivity index (χ2v) is 2.00. The number of nitrogens with one attached hydrogen (secondary N) is 1. The van der Waals surface area contributed by atoms with Gasteiger partial charge in [0.1, 0.15) is 6.04 Å². The minimum atomic E-state index is -0.944. The van der Waals surface area contributed by atoms with Crippen LogP contribution in [0.25, 0.3) is 0 Å². The Morgan fingerprint density at radius 1 is 1.70 bits per heavy atom. The molecule has 1 fully saturated rings. The Balaban J connectivity index is 0.000000810. The number of hydrogen-bond acceptors (Lipinski definition) is 2. The third kappa shape index (κ3) is 2.28. The van der Waals surface area contributed by atoms with Gasteiger partial charge in [0.05, 0.1) is 0 Å². The normalized spacial score (nSPS) is 23.2. The molecule has 0 aromatic heterocycles. The number of carboxylic acids is 1. The van der Waals surface area contributed by atoms with Crippen molar-refractivity contribution in [2.75, 3.05) is 0 Å². The molecule has 5 heteroatoms. The van der Waals surface area contributed by atoms with E-state index in [2.05, 4.69) is 5.32 Å². The Morgan fingerprint density at radius 3 is 2.50 bits per heavy atom. The van der Waals surface area contributed by atoms with E-state index in [9.17, 15) is 9.59 Å². The van der Waals surface area contributed by atoms with Gasteiger partial charge in [0.15, 0.2) is 0 Å². The van der Waals surface area contributed by atoms with Gasteiger partial charge in [-0.15, -0.1) is 0 Å². The van der Waals surface area contributed by atoms with Crippen LogP contribution in [0.2, 0.25) is 0 Å². The van der Waals surface area contributed by atoms with E-state index in [1.807, 2.05) is 0 Å². The zero-order chi connectivity index (χ0) is 6.85. The van der Waals surface area contributed by atoms with Gasteiger partial charge in [-0.1, -0.05) is 0 Å². The topological polar surface area (TPSA) is 66.4 Å². The SMILES string of the molecule is O=C1CC[C@@H](C(=O)O)N1.[Na]. The van der Waals surface area contributed by atoms with E-state index in [1.165, 1.54) is 0 Å². The Kier molecular flexibility index (Phi) is 3.93. The van der Waals surface area contributed by atoms with E-state index in [0.29, 0.717) is 12.8 Å². The van der Waals surface area contributed by atoms with Gasteiger partial charge < -0.3 is 10.4 Å². The van der Waals surface area contributed by atoms with Crippen LogP contribution in [-0.4, -0.2) is 52.6 Å². The molecular formula is C5H7NNaO3. The fourth-order valence-electron chi connectivity index (χ4n) is 0.799. The van der Waals surface area contributed by atoms with Gasteiger partial charge in [-0.05, 0) is 6.42 Å². The van der Waals surface area contributed by atoms with Crippen molar-refractivity contribution in [2.45, 2.75) is 18.9 Å². The molecule has 1 radical (unpaired) electrons. The van der Waals surface area contributed by atoms with Gasteiger partial charge in [0.25, 0.3) is 0 Å². The maximum Gasteiger partial charge on any atom is 0.326 e. The standard InChI is InChI=1S/C5H7NO3.Na/c7-4-2-1-3(6-4)5(8)9;/h3H,1-2H2,(H,6,7)(H,8,9);/t3-;/m0./s1. The maximum atomic E-state index is 10.4. The Bertz CT molecular complexity index is 159. The smallest absolute Gasteiger partial charge is 0.326 e. The van der Waals surface area contributed by atoms with E-state index in [1.54, 1.807) is 0 Å². The molecular weight excluding hydrogens is 145 g/mol. The number of carbonyl (C=O) groups excluding carboxylic acids is 1. The molecule has 0 aliphatic carbocycles. The van der Waals surface area contributed by atoms with Crippen LogP contribution in [0.4, 0.5) is 0 Å². The molecule has 1 amide bonds. The van der Waals surface area contributed by atoms with E-state index in [4.69, 9.17) is 5.11 Å². The van der Waals surface area contributed by atoms with E-state index in [0.717, 1.165) is 0 Å². The summed E-state index contributed by atoms with van der Waals surface area (Å²) >= 11 is 0. The minimum absolute atomic E-state index is 0. The van der Waals surface area contributed by atoms with Crippen LogP contribution in [0.15, 0.2) is 0 Å². The predicted molar refractivity (Wildman–Crippen MR) is 34.6 cm³/mol. The molecule has 10 heavy (non-hydrogen) atoms. The van der Waals surface area contributed by atoms with Gasteiger partial charge in [-0.25, -0.2) is 4.79 Å². The molecule has 0 unspecified atom stereocenters. The summed E-state index contributed by atoms with van der Waals surface area (Å²) in [5, 5.41) is 10.6. The van der Waals surface area contributed by atoms with Crippen molar-refractivity contribution in [2.24, 2.45) is 0 Å². The molecule has 0 saturated carbocycles. The Morgan fingerprint density at radius 2 is 2.30 bits per heavy atom. The predicted octanol–water partition coefficient (Wildman–Crippen LogP) is -1.03. The van der Waals surface area contributed by atoms with Crippen LogP contribution in [0.3, 0.4) is 0 Å². The zero-order valence-electron chi connectivity index (χ0n) is 5.76. The molecule has 1 heterocycles. The number of carbonyl (C=O) groups is 2. The number of carboxylic acid groups (broad SMARTS) is 1. The monoisotopic (exact) mass is 152 g/mol. The minimum Gasteiger partial charge on any atom is -0.480 e. The summed E-state index contributed by atoms with van der Waals surface area (Å²) in [4.78, 5) is 20.5. The molecule has 1 aliphatic rings. The van der Waals surface area contributed by atoms with Crippen molar-refractivity contribution in [3.63, 3.8) is 0 Å². The summed E-state index contributed by atoms with van der Waals surface area (Å²) < 4.78 is 0. The second kappa shape index (κ2) is 3.95. The third-order valence-electron chi connectivity index (χ3n) is 1.29. The number of hydrogen-bond donors (Lipinski definition) is 2. The van der Waals surface area contributed by atoms with E-state index in [-0.39, 0.29) is 35.5 Å². The molecule has 1 aliphatic heterocycles. The molecule has 2 N–H and O–H groups in total. The summed E-state index contributed by atoms with van der Waals surface area (Å²) in [6.07, 6.45) is 0.769. The van der Waals surface area contributed by atoms with Crippen LogP contribution >= 0.6 is 0 Å². The average Bonchev–Trinajstić information content (AvgIpc) is 2.14. The first-order chi connectivity index (χ1) is 4.20. The molecule has 1 rings (SSSR count). The van der Waals surface area contributed by atoms with Crippen LogP contribution < -0.4 is 5.32 Å². The quantitative estimate of drug-likeness (QED) is 0.472. The third-order valence-corrected chi connectivity index (χ3v) is 1.29. The van der Waals surface area contributed by atoms with Gasteiger partial charge in [-0.2, -0.15) is 0 Å². The van der Waals surface area contributed by atoms with Crippen molar-refractivity contribution in [3.8, 4) is 0 Å². The first-order valence-corrected chi connectivity index (χ1v) is 2.72. The van der Waals surface area contributed by atoms with Crippen LogP contribution in [-0.2, 0) is 9.59 Å². The molecule has 4 nitrogen and oxygen atoms in total. The summed E-state index contributed by atoms with van der Waals surface area (Å²) in [5.41, 5.74) is 0. The maximum absolute atomic E-state index is 10.4. The number of rotatable bonds is 1. The zero-order valence-corrected chi connectivity index (χ0v) is 7.76. The molecule has 1 saturated heterocycles. The van der Waals surface area contributed by atoms with Crippen molar-refractivity contribution in [1.82, 2.24) is 5.32 Å². The van der Waals surface area contributed by atoms with Crippen LogP contribution in [0.1, 0.15) is 12.8 Å². The molecule has 1 atom stereocenters. The van der Waals surface area contributed by atoms with Crippen LogP contribution in [0, 0.1) is 0 Å². The molecule has 0 aromatic carbocycles. The van der Waals surface area contributed by atoms with Crippen LogP contribution in [0.5, 0.6) is 0 Å².